The zero-order valence-electron chi connectivity index (χ0n) is 14.2. The first-order valence-electron chi connectivity index (χ1n) is 8.18. The first-order chi connectivity index (χ1) is 11.5. The Hall–Kier alpha value is -1.81. The molecule has 1 saturated carbocycles. The second-order valence-electron chi connectivity index (χ2n) is 6.53. The Kier molecular flexibility index (Phi) is 4.68. The number of amides is 1. The minimum atomic E-state index is -0.380. The highest BCUT2D eigenvalue weighted by molar-refractivity contribution is 9.10. The number of carbonyl (C=O) groups is 1. The molecule has 2 aromatic rings. The SMILES string of the molecule is COc1ccc(C)cc1C(C)NC(=O)C1(c2cccc(Br)c2)CC1. The molecule has 0 spiro atoms. The second-order valence-corrected chi connectivity index (χ2v) is 7.45. The van der Waals surface area contributed by atoms with Gasteiger partial charge in [0.1, 0.15) is 5.75 Å². The summed E-state index contributed by atoms with van der Waals surface area (Å²) in [7, 11) is 1.66. The van der Waals surface area contributed by atoms with Crippen LogP contribution in [0.25, 0.3) is 0 Å². The number of halogens is 1. The van der Waals surface area contributed by atoms with Gasteiger partial charge in [0.15, 0.2) is 0 Å². The average molecular weight is 388 g/mol. The predicted molar refractivity (Wildman–Crippen MR) is 99.3 cm³/mol. The number of hydrogen-bond donors (Lipinski definition) is 1. The Labute approximate surface area is 151 Å². The second kappa shape index (κ2) is 6.60. The molecule has 1 fully saturated rings. The summed E-state index contributed by atoms with van der Waals surface area (Å²) in [6.07, 6.45) is 1.79. The van der Waals surface area contributed by atoms with Crippen molar-refractivity contribution in [2.24, 2.45) is 0 Å². The molecule has 0 radical (unpaired) electrons. The van der Waals surface area contributed by atoms with Gasteiger partial charge < -0.3 is 10.1 Å². The molecule has 4 heteroatoms. The maximum atomic E-state index is 12.9. The van der Waals surface area contributed by atoms with Gasteiger partial charge in [-0.1, -0.05) is 45.8 Å². The molecule has 0 bridgehead atoms. The van der Waals surface area contributed by atoms with Gasteiger partial charge in [-0.2, -0.15) is 0 Å². The molecule has 3 rings (SSSR count). The lowest BCUT2D eigenvalue weighted by Gasteiger charge is -2.22. The van der Waals surface area contributed by atoms with Crippen LogP contribution in [0, 0.1) is 6.92 Å². The van der Waals surface area contributed by atoms with E-state index in [0.717, 1.165) is 39.8 Å². The smallest absolute Gasteiger partial charge is 0.231 e. The maximum absolute atomic E-state index is 12.9. The zero-order valence-corrected chi connectivity index (χ0v) is 15.8. The molecule has 24 heavy (non-hydrogen) atoms. The van der Waals surface area contributed by atoms with Crippen molar-refractivity contribution in [3.8, 4) is 5.75 Å². The van der Waals surface area contributed by atoms with Crippen LogP contribution in [0.2, 0.25) is 0 Å². The van der Waals surface area contributed by atoms with Gasteiger partial charge in [-0.3, -0.25) is 4.79 Å². The van der Waals surface area contributed by atoms with Gasteiger partial charge >= 0.3 is 0 Å². The molecule has 1 aliphatic carbocycles. The molecule has 1 N–H and O–H groups in total. The minimum absolute atomic E-state index is 0.0941. The Morgan fingerprint density at radius 3 is 2.62 bits per heavy atom. The van der Waals surface area contributed by atoms with Crippen LogP contribution in [0.5, 0.6) is 5.75 Å². The van der Waals surface area contributed by atoms with E-state index in [2.05, 4.69) is 27.3 Å². The topological polar surface area (TPSA) is 38.3 Å². The molecular weight excluding hydrogens is 366 g/mol. The van der Waals surface area contributed by atoms with E-state index in [1.807, 2.05) is 50.2 Å². The highest BCUT2D eigenvalue weighted by Gasteiger charge is 2.51. The van der Waals surface area contributed by atoms with Gasteiger partial charge in [0, 0.05) is 10.0 Å². The summed E-state index contributed by atoms with van der Waals surface area (Å²) >= 11 is 3.50. The summed E-state index contributed by atoms with van der Waals surface area (Å²) in [6, 6.07) is 14.0. The van der Waals surface area contributed by atoms with Crippen LogP contribution >= 0.6 is 15.9 Å². The number of nitrogens with one attached hydrogen (secondary N) is 1. The molecule has 1 atom stereocenters. The van der Waals surface area contributed by atoms with E-state index in [1.54, 1.807) is 7.11 Å². The zero-order chi connectivity index (χ0) is 17.3. The third-order valence-electron chi connectivity index (χ3n) is 4.76. The van der Waals surface area contributed by atoms with E-state index in [-0.39, 0.29) is 17.4 Å². The summed E-state index contributed by atoms with van der Waals surface area (Å²) in [6.45, 7) is 4.05. The van der Waals surface area contributed by atoms with Crippen LogP contribution in [0.4, 0.5) is 0 Å². The predicted octanol–water partition coefficient (Wildman–Crippen LogP) is 4.68. The van der Waals surface area contributed by atoms with Crippen LogP contribution in [0.15, 0.2) is 46.9 Å². The molecule has 0 saturated heterocycles. The number of hydrogen-bond acceptors (Lipinski definition) is 2. The molecule has 0 aromatic heterocycles. The van der Waals surface area contributed by atoms with Crippen LogP contribution in [0.1, 0.15) is 42.5 Å². The van der Waals surface area contributed by atoms with Crippen LogP contribution in [-0.2, 0) is 10.2 Å². The summed E-state index contributed by atoms with van der Waals surface area (Å²) in [5.74, 6) is 0.900. The highest BCUT2D eigenvalue weighted by atomic mass is 79.9. The standard InChI is InChI=1S/C20H22BrNO2/c1-13-7-8-18(24-3)17(11-13)14(2)22-19(23)20(9-10-20)15-5-4-6-16(21)12-15/h4-8,11-12,14H,9-10H2,1-3H3,(H,22,23). The maximum Gasteiger partial charge on any atom is 0.231 e. The fraction of sp³-hybridized carbons (Fsp3) is 0.350. The average Bonchev–Trinajstić information content (AvgIpc) is 3.36. The molecular formula is C20H22BrNO2. The minimum Gasteiger partial charge on any atom is -0.496 e. The summed E-state index contributed by atoms with van der Waals surface area (Å²) in [5.41, 5.74) is 2.86. The fourth-order valence-electron chi connectivity index (χ4n) is 3.16. The molecule has 1 aliphatic rings. The number of rotatable bonds is 5. The van der Waals surface area contributed by atoms with Crippen molar-refractivity contribution >= 4 is 21.8 Å². The third kappa shape index (κ3) is 3.20. The van der Waals surface area contributed by atoms with E-state index in [1.165, 1.54) is 0 Å². The van der Waals surface area contributed by atoms with Crippen molar-refractivity contribution in [1.82, 2.24) is 5.32 Å². The van der Waals surface area contributed by atoms with Crippen molar-refractivity contribution in [3.05, 3.63) is 63.6 Å². The van der Waals surface area contributed by atoms with E-state index in [9.17, 15) is 4.79 Å². The van der Waals surface area contributed by atoms with E-state index in [4.69, 9.17) is 4.74 Å². The summed E-state index contributed by atoms with van der Waals surface area (Å²) in [5, 5.41) is 3.18. The quantitative estimate of drug-likeness (QED) is 0.808. The molecule has 2 aromatic carbocycles. The van der Waals surface area contributed by atoms with Gasteiger partial charge in [-0.05, 0) is 50.5 Å². The Balaban J connectivity index is 1.81. The van der Waals surface area contributed by atoms with Gasteiger partial charge in [0.2, 0.25) is 5.91 Å². The number of carbonyl (C=O) groups excluding carboxylic acids is 1. The van der Waals surface area contributed by atoms with Crippen LogP contribution in [-0.4, -0.2) is 13.0 Å². The van der Waals surface area contributed by atoms with Gasteiger partial charge in [-0.25, -0.2) is 0 Å². The number of benzene rings is 2. The summed E-state index contributed by atoms with van der Waals surface area (Å²) in [4.78, 5) is 12.9. The monoisotopic (exact) mass is 387 g/mol. The largest absolute Gasteiger partial charge is 0.496 e. The van der Waals surface area contributed by atoms with Crippen molar-refractivity contribution in [2.45, 2.75) is 38.1 Å². The molecule has 0 aliphatic heterocycles. The normalized spacial score (nSPS) is 16.3. The lowest BCUT2D eigenvalue weighted by atomic mass is 9.94. The number of aryl methyl sites for hydroxylation is 1. The first kappa shape index (κ1) is 17.0. The van der Waals surface area contributed by atoms with Crippen LogP contribution < -0.4 is 10.1 Å². The molecule has 1 unspecified atom stereocenters. The molecule has 0 heterocycles. The van der Waals surface area contributed by atoms with Gasteiger partial charge in [0.25, 0.3) is 0 Å². The summed E-state index contributed by atoms with van der Waals surface area (Å²) < 4.78 is 6.45. The van der Waals surface area contributed by atoms with Gasteiger partial charge in [0.05, 0.1) is 18.6 Å². The van der Waals surface area contributed by atoms with E-state index >= 15 is 0 Å². The van der Waals surface area contributed by atoms with Crippen molar-refractivity contribution in [1.29, 1.82) is 0 Å². The number of methoxy groups -OCH3 is 1. The fourth-order valence-corrected chi connectivity index (χ4v) is 3.56. The van der Waals surface area contributed by atoms with Crippen molar-refractivity contribution in [2.75, 3.05) is 7.11 Å². The van der Waals surface area contributed by atoms with Crippen molar-refractivity contribution < 1.29 is 9.53 Å². The lowest BCUT2D eigenvalue weighted by Crippen LogP contribution is -2.36. The lowest BCUT2D eigenvalue weighted by molar-refractivity contribution is -0.124. The van der Waals surface area contributed by atoms with Crippen molar-refractivity contribution in [3.63, 3.8) is 0 Å². The Morgan fingerprint density at radius 2 is 2.00 bits per heavy atom. The molecule has 1 amide bonds. The Bertz CT molecular complexity index is 768. The molecule has 3 nitrogen and oxygen atoms in total. The van der Waals surface area contributed by atoms with Gasteiger partial charge in [-0.15, -0.1) is 0 Å². The van der Waals surface area contributed by atoms with E-state index < -0.39 is 0 Å². The highest BCUT2D eigenvalue weighted by Crippen LogP contribution is 2.49. The van der Waals surface area contributed by atoms with E-state index in [0.29, 0.717) is 0 Å². The van der Waals surface area contributed by atoms with Crippen LogP contribution in [0.3, 0.4) is 0 Å². The number of ether oxygens (including phenoxy) is 1. The Morgan fingerprint density at radius 1 is 1.25 bits per heavy atom. The third-order valence-corrected chi connectivity index (χ3v) is 5.25. The molecule has 126 valence electrons. The first-order valence-corrected chi connectivity index (χ1v) is 8.97.